The van der Waals surface area contributed by atoms with Crippen molar-refractivity contribution in [1.82, 2.24) is 45.4 Å². The maximum absolute atomic E-state index is 14.0. The Morgan fingerprint density at radius 2 is 1.47 bits per heavy atom. The van der Waals surface area contributed by atoms with Crippen molar-refractivity contribution in [2.45, 2.75) is 78.6 Å². The summed E-state index contributed by atoms with van der Waals surface area (Å²) < 4.78 is 5.71. The maximum Gasteiger partial charge on any atom is 0.257 e. The van der Waals surface area contributed by atoms with Gasteiger partial charge in [-0.25, -0.2) is 0 Å². The van der Waals surface area contributed by atoms with E-state index in [1.165, 1.54) is 24.6 Å². The molecule has 3 aliphatic heterocycles. The van der Waals surface area contributed by atoms with Crippen molar-refractivity contribution in [3.8, 4) is 11.1 Å². The van der Waals surface area contributed by atoms with Crippen LogP contribution >= 0.6 is 0 Å². The molecule has 420 valence electrons. The topological polar surface area (TPSA) is 212 Å². The summed E-state index contributed by atoms with van der Waals surface area (Å²) >= 11 is 0. The molecule has 0 aliphatic carbocycles. The van der Waals surface area contributed by atoms with Crippen LogP contribution in [0.3, 0.4) is 0 Å². The van der Waals surface area contributed by atoms with Crippen molar-refractivity contribution >= 4 is 47.6 Å². The molecule has 4 aromatic rings. The number of aromatic nitrogens is 1. The van der Waals surface area contributed by atoms with Crippen LogP contribution in [0, 0.1) is 20.8 Å². The number of amides is 4. The van der Waals surface area contributed by atoms with Crippen LogP contribution in [-0.2, 0) is 32.2 Å². The van der Waals surface area contributed by atoms with Crippen LogP contribution in [0.1, 0.15) is 91.6 Å². The quantitative estimate of drug-likeness (QED) is 0.0598. The van der Waals surface area contributed by atoms with Crippen LogP contribution in [0.2, 0.25) is 0 Å². The van der Waals surface area contributed by atoms with Gasteiger partial charge in [0, 0.05) is 172 Å². The summed E-state index contributed by atoms with van der Waals surface area (Å²) in [4.78, 5) is 105. The first-order valence-corrected chi connectivity index (χ1v) is 27.7. The number of pyridine rings is 1. The van der Waals surface area contributed by atoms with Crippen LogP contribution in [-0.4, -0.2) is 197 Å². The molecule has 0 spiro atoms. The average Bonchev–Trinajstić information content (AvgIpc) is 3.45. The zero-order valence-electron chi connectivity index (χ0n) is 46.6. The number of anilines is 2. The monoisotopic (exact) mass is 1070 g/mol. The Hall–Kier alpha value is -6.77. The summed E-state index contributed by atoms with van der Waals surface area (Å²) in [6, 6.07) is 19.2. The van der Waals surface area contributed by atoms with Crippen LogP contribution < -0.4 is 31.7 Å². The molecule has 19 nitrogen and oxygen atoms in total. The molecule has 3 aliphatic rings. The molecule has 78 heavy (non-hydrogen) atoms. The second-order valence-electron chi connectivity index (χ2n) is 20.9. The maximum atomic E-state index is 14.0. The minimum Gasteiger partial charge on any atom is -0.383 e. The van der Waals surface area contributed by atoms with Crippen LogP contribution in [0.4, 0.5) is 11.4 Å². The normalized spacial score (nSPS) is 16.2. The predicted octanol–water partition coefficient (Wildman–Crippen LogP) is 3.84. The summed E-state index contributed by atoms with van der Waals surface area (Å²) in [6.45, 7) is 20.8. The van der Waals surface area contributed by atoms with Gasteiger partial charge < -0.3 is 45.6 Å². The lowest BCUT2D eigenvalue weighted by Crippen LogP contribution is -2.51. The minimum absolute atomic E-state index is 0.0309. The molecule has 19 heteroatoms. The number of ether oxygens (including phenoxy) is 1. The molecule has 3 aromatic carbocycles. The fourth-order valence-corrected chi connectivity index (χ4v) is 10.9. The first kappa shape index (κ1) is 58.9. The van der Waals surface area contributed by atoms with Crippen molar-refractivity contribution in [3.63, 3.8) is 0 Å². The number of aromatic amines is 1. The Kier molecular flexibility index (Phi) is 21.7. The summed E-state index contributed by atoms with van der Waals surface area (Å²) in [5.41, 5.74) is 8.61. The summed E-state index contributed by atoms with van der Waals surface area (Å²) in [7, 11) is 3.02. The van der Waals surface area contributed by atoms with Gasteiger partial charge in [0.25, 0.3) is 17.4 Å². The second kappa shape index (κ2) is 28.7. The van der Waals surface area contributed by atoms with E-state index in [-0.39, 0.29) is 53.8 Å². The third-order valence-corrected chi connectivity index (χ3v) is 15.7. The molecule has 1 aromatic heterocycles. The summed E-state index contributed by atoms with van der Waals surface area (Å²) in [5.74, 6) is -0.888. The first-order valence-electron chi connectivity index (χ1n) is 27.7. The van der Waals surface area contributed by atoms with Gasteiger partial charge in [-0.1, -0.05) is 36.4 Å². The highest BCUT2D eigenvalue weighted by Gasteiger charge is 2.28. The van der Waals surface area contributed by atoms with E-state index in [0.717, 1.165) is 125 Å². The van der Waals surface area contributed by atoms with E-state index in [4.69, 9.17) is 4.74 Å². The molecule has 7 rings (SSSR count). The highest BCUT2D eigenvalue weighted by atomic mass is 16.5. The molecule has 0 bridgehead atoms. The lowest BCUT2D eigenvalue weighted by molar-refractivity contribution is -0.123. The van der Waals surface area contributed by atoms with E-state index < -0.39 is 11.9 Å². The Labute approximate surface area is 459 Å². The predicted molar refractivity (Wildman–Crippen MR) is 304 cm³/mol. The highest BCUT2D eigenvalue weighted by molar-refractivity contribution is 6.07. The number of piperazine rings is 2. The molecule has 0 saturated carbocycles. The van der Waals surface area contributed by atoms with E-state index >= 15 is 0 Å². The van der Waals surface area contributed by atoms with Gasteiger partial charge in [-0.2, -0.15) is 0 Å². The number of likely N-dealkylation sites (N-methyl/N-ethyl adjacent to an activating group) is 1. The highest BCUT2D eigenvalue weighted by Crippen LogP contribution is 2.34. The average molecular weight is 1070 g/mol. The van der Waals surface area contributed by atoms with Crippen LogP contribution in [0.15, 0.2) is 65.5 Å². The Bertz CT molecular complexity index is 2760. The van der Waals surface area contributed by atoms with E-state index in [1.807, 2.05) is 32.9 Å². The Morgan fingerprint density at radius 1 is 0.808 bits per heavy atom. The van der Waals surface area contributed by atoms with Gasteiger partial charge in [0.1, 0.15) is 6.29 Å². The number of carbonyl (C=O) groups excluding carboxylic acids is 6. The molecule has 1 unspecified atom stereocenters. The number of nitrogens with zero attached hydrogens (tertiary/aromatic N) is 6. The number of benzene rings is 3. The molecule has 4 heterocycles. The molecule has 3 saturated heterocycles. The lowest BCUT2D eigenvalue weighted by Gasteiger charge is -2.37. The van der Waals surface area contributed by atoms with Crippen LogP contribution in [0.25, 0.3) is 11.1 Å². The van der Waals surface area contributed by atoms with Gasteiger partial charge in [0.05, 0.1) is 18.2 Å². The third-order valence-electron chi connectivity index (χ3n) is 15.7. The third kappa shape index (κ3) is 15.7. The van der Waals surface area contributed by atoms with Gasteiger partial charge in [0.2, 0.25) is 11.8 Å². The van der Waals surface area contributed by atoms with E-state index in [0.29, 0.717) is 68.3 Å². The number of aryl methyl sites for hydroxylation is 2. The van der Waals surface area contributed by atoms with Crippen molar-refractivity contribution in [2.24, 2.45) is 0 Å². The first-order chi connectivity index (χ1) is 37.7. The number of rotatable bonds is 25. The molecular weight excluding hydrogens is 991 g/mol. The largest absolute Gasteiger partial charge is 0.383 e. The Balaban J connectivity index is 0.837. The van der Waals surface area contributed by atoms with Crippen molar-refractivity contribution < 1.29 is 33.5 Å². The summed E-state index contributed by atoms with van der Waals surface area (Å²) in [5, 5.41) is 12.1. The number of hydrogen-bond donors (Lipinski definition) is 5. The van der Waals surface area contributed by atoms with Gasteiger partial charge in [-0.15, -0.1) is 0 Å². The van der Waals surface area contributed by atoms with Gasteiger partial charge in [-0.05, 0) is 99.0 Å². The van der Waals surface area contributed by atoms with Crippen molar-refractivity contribution in [3.05, 3.63) is 116 Å². The van der Waals surface area contributed by atoms with Crippen molar-refractivity contribution in [1.29, 1.82) is 0 Å². The SMILES string of the molecule is CCN(c1cc(-c2ccc(CN3CCN(CC(=O)NCCN4CCN(CCNc5cccc(C=O)c5C(=O)N(C)C(C=O)CCC(=O)NC)CC4)CC3)cc2)cc(C(=O)NCc2c(C)cc(C)[nH]c2=O)c1C)C1CCOCC1. The summed E-state index contributed by atoms with van der Waals surface area (Å²) in [6.07, 6.45) is 3.38. The standard InChI is InChI=1S/C59H81N11O8/c1-7-70(48-17-31-78-32-18-48)53-35-47(34-50(43(53)4)57(75)63-36-51-41(2)33-42(3)64-58(51)76)45-13-11-44(12-14-45)37-68-27-29-69(30-28-68)38-55(74)62-20-22-67-25-23-66(24-26-67)21-19-61-52-10-8-9-46(39-71)56(52)59(77)65(6)49(40-72)15-16-54(73)60-5/h8-14,33-35,39-40,48-49,61H,7,15-32,36-38H2,1-6H3,(H,60,73)(H,62,74)(H,63,75)(H,64,76). The smallest absolute Gasteiger partial charge is 0.257 e. The van der Waals surface area contributed by atoms with E-state index in [9.17, 15) is 33.6 Å². The number of nitrogens with one attached hydrogen (secondary N) is 5. The minimum atomic E-state index is -0.821. The van der Waals surface area contributed by atoms with Gasteiger partial charge in [-0.3, -0.25) is 48.4 Å². The number of H-pyrrole nitrogens is 1. The zero-order valence-corrected chi connectivity index (χ0v) is 46.6. The molecule has 4 amide bonds. The lowest BCUT2D eigenvalue weighted by atomic mass is 9.94. The van der Waals surface area contributed by atoms with E-state index in [2.05, 4.69) is 88.0 Å². The second-order valence-corrected chi connectivity index (χ2v) is 20.9. The number of carbonyl (C=O) groups is 6. The number of hydrogen-bond acceptors (Lipinski definition) is 14. The fourth-order valence-electron chi connectivity index (χ4n) is 10.9. The fraction of sp³-hybridized carbons (Fsp3) is 0.508. The zero-order chi connectivity index (χ0) is 55.7. The molecule has 3 fully saturated rings. The van der Waals surface area contributed by atoms with Gasteiger partial charge in [0.15, 0.2) is 6.29 Å². The Morgan fingerprint density at radius 3 is 2.12 bits per heavy atom. The molecular formula is C59H81N11O8. The number of aldehydes is 2. The molecule has 1 atom stereocenters. The van der Waals surface area contributed by atoms with Crippen molar-refractivity contribution in [2.75, 3.05) is 129 Å². The molecule has 5 N–H and O–H groups in total. The van der Waals surface area contributed by atoms with Gasteiger partial charge >= 0.3 is 0 Å². The molecule has 0 radical (unpaired) electrons. The van der Waals surface area contributed by atoms with E-state index in [1.54, 1.807) is 18.2 Å². The van der Waals surface area contributed by atoms with Crippen LogP contribution in [0.5, 0.6) is 0 Å².